The topological polar surface area (TPSA) is 40.5 Å². The largest absolute Gasteiger partial charge is 0.478 e. The van der Waals surface area contributed by atoms with Gasteiger partial charge in [0.25, 0.3) is 0 Å². The van der Waals surface area contributed by atoms with Crippen LogP contribution in [0.5, 0.6) is 0 Å². The number of carboxylic acids is 1. The summed E-state index contributed by atoms with van der Waals surface area (Å²) in [7, 11) is 0. The second kappa shape index (κ2) is 7.42. The molecule has 2 aromatic carbocycles. The van der Waals surface area contributed by atoms with Crippen LogP contribution < -0.4 is 0 Å². The van der Waals surface area contributed by atoms with Gasteiger partial charge in [0.15, 0.2) is 0 Å². The summed E-state index contributed by atoms with van der Waals surface area (Å²) in [6, 6.07) is 18.0. The molecular formula is C20H23NO2. The van der Waals surface area contributed by atoms with E-state index in [-0.39, 0.29) is 0 Å². The van der Waals surface area contributed by atoms with Crippen LogP contribution in [-0.4, -0.2) is 29.1 Å². The van der Waals surface area contributed by atoms with Crippen molar-refractivity contribution in [3.05, 3.63) is 71.3 Å². The Morgan fingerprint density at radius 2 is 1.87 bits per heavy atom. The van der Waals surface area contributed by atoms with Crippen molar-refractivity contribution in [3.63, 3.8) is 0 Å². The molecule has 3 heteroatoms. The first-order chi connectivity index (χ1) is 11.2. The van der Waals surface area contributed by atoms with E-state index < -0.39 is 5.97 Å². The molecule has 0 saturated carbocycles. The lowest BCUT2D eigenvalue weighted by atomic mass is 9.91. The number of hydrogen-bond acceptors (Lipinski definition) is 2. The number of nitrogens with zero attached hydrogens (tertiary/aromatic N) is 1. The lowest BCUT2D eigenvalue weighted by Crippen LogP contribution is -2.35. The second-order valence-electron chi connectivity index (χ2n) is 6.44. The van der Waals surface area contributed by atoms with Gasteiger partial charge in [-0.1, -0.05) is 42.5 Å². The van der Waals surface area contributed by atoms with E-state index in [1.54, 1.807) is 12.1 Å². The first-order valence-electron chi connectivity index (χ1n) is 8.29. The molecule has 0 aliphatic carbocycles. The van der Waals surface area contributed by atoms with Crippen LogP contribution in [0.15, 0.2) is 54.6 Å². The SMILES string of the molecule is O=C(O)c1cccc(CN2CCCC(Cc3ccccc3)C2)c1. The summed E-state index contributed by atoms with van der Waals surface area (Å²) in [5.41, 5.74) is 2.87. The van der Waals surface area contributed by atoms with E-state index in [4.69, 9.17) is 5.11 Å². The standard InChI is InChI=1S/C20H23NO2/c22-20(23)19-10-4-8-18(13-19)15-21-11-5-9-17(14-21)12-16-6-2-1-3-7-16/h1-4,6-8,10,13,17H,5,9,11-12,14-15H2,(H,22,23). The minimum atomic E-state index is -0.854. The number of hydrogen-bond donors (Lipinski definition) is 1. The Kier molecular flexibility index (Phi) is 5.09. The number of rotatable bonds is 5. The van der Waals surface area contributed by atoms with Gasteiger partial charge >= 0.3 is 5.97 Å². The third-order valence-corrected chi connectivity index (χ3v) is 4.55. The van der Waals surface area contributed by atoms with E-state index in [0.717, 1.165) is 31.6 Å². The number of likely N-dealkylation sites (tertiary alicyclic amines) is 1. The Labute approximate surface area is 137 Å². The summed E-state index contributed by atoms with van der Waals surface area (Å²) < 4.78 is 0. The third-order valence-electron chi connectivity index (χ3n) is 4.55. The van der Waals surface area contributed by atoms with Crippen molar-refractivity contribution in [1.82, 2.24) is 4.90 Å². The molecule has 1 atom stereocenters. The summed E-state index contributed by atoms with van der Waals surface area (Å²) in [6.45, 7) is 3.03. The quantitative estimate of drug-likeness (QED) is 0.912. The normalized spacial score (nSPS) is 18.7. The Bertz CT molecular complexity index is 654. The summed E-state index contributed by atoms with van der Waals surface area (Å²) in [5.74, 6) is -0.166. The van der Waals surface area contributed by atoms with E-state index >= 15 is 0 Å². The van der Waals surface area contributed by atoms with Crippen molar-refractivity contribution in [2.75, 3.05) is 13.1 Å². The molecule has 3 nitrogen and oxygen atoms in total. The van der Waals surface area contributed by atoms with Crippen LogP contribution in [0, 0.1) is 5.92 Å². The molecule has 0 amide bonds. The van der Waals surface area contributed by atoms with Crippen LogP contribution in [0.1, 0.15) is 34.3 Å². The fourth-order valence-electron chi connectivity index (χ4n) is 3.47. The van der Waals surface area contributed by atoms with Crippen LogP contribution in [0.3, 0.4) is 0 Å². The van der Waals surface area contributed by atoms with E-state index in [2.05, 4.69) is 35.2 Å². The Morgan fingerprint density at radius 1 is 1.09 bits per heavy atom. The van der Waals surface area contributed by atoms with Crippen molar-refractivity contribution < 1.29 is 9.90 Å². The fraction of sp³-hybridized carbons (Fsp3) is 0.350. The van der Waals surface area contributed by atoms with Gasteiger partial charge in [0.2, 0.25) is 0 Å². The highest BCUT2D eigenvalue weighted by Crippen LogP contribution is 2.22. The zero-order valence-electron chi connectivity index (χ0n) is 13.3. The predicted molar refractivity (Wildman–Crippen MR) is 91.5 cm³/mol. The van der Waals surface area contributed by atoms with Gasteiger partial charge in [-0.15, -0.1) is 0 Å². The lowest BCUT2D eigenvalue weighted by Gasteiger charge is -2.33. The molecule has 23 heavy (non-hydrogen) atoms. The van der Waals surface area contributed by atoms with Gasteiger partial charge < -0.3 is 5.11 Å². The van der Waals surface area contributed by atoms with Crippen molar-refractivity contribution >= 4 is 5.97 Å². The van der Waals surface area contributed by atoms with Gasteiger partial charge in [-0.05, 0) is 55.0 Å². The molecule has 0 aromatic heterocycles. The number of piperidine rings is 1. The molecule has 2 aromatic rings. The molecule has 1 N–H and O–H groups in total. The zero-order valence-corrected chi connectivity index (χ0v) is 13.3. The lowest BCUT2D eigenvalue weighted by molar-refractivity contribution is 0.0696. The fourth-order valence-corrected chi connectivity index (χ4v) is 3.47. The summed E-state index contributed by atoms with van der Waals surface area (Å²) in [5, 5.41) is 9.11. The maximum atomic E-state index is 11.1. The zero-order chi connectivity index (χ0) is 16.1. The van der Waals surface area contributed by atoms with Gasteiger partial charge in [-0.3, -0.25) is 4.90 Å². The Balaban J connectivity index is 1.60. The van der Waals surface area contributed by atoms with Crippen molar-refractivity contribution in [3.8, 4) is 0 Å². The van der Waals surface area contributed by atoms with Gasteiger partial charge in [0.05, 0.1) is 5.56 Å². The van der Waals surface area contributed by atoms with Crippen LogP contribution in [0.2, 0.25) is 0 Å². The molecule has 1 saturated heterocycles. The average Bonchev–Trinajstić information content (AvgIpc) is 2.56. The highest BCUT2D eigenvalue weighted by atomic mass is 16.4. The van der Waals surface area contributed by atoms with E-state index in [1.165, 1.54) is 18.4 Å². The summed E-state index contributed by atoms with van der Waals surface area (Å²) in [6.07, 6.45) is 3.63. The molecule has 1 aliphatic rings. The van der Waals surface area contributed by atoms with Crippen LogP contribution >= 0.6 is 0 Å². The summed E-state index contributed by atoms with van der Waals surface area (Å²) in [4.78, 5) is 13.5. The van der Waals surface area contributed by atoms with Crippen molar-refractivity contribution in [1.29, 1.82) is 0 Å². The van der Waals surface area contributed by atoms with Gasteiger partial charge in [-0.25, -0.2) is 4.79 Å². The first-order valence-corrected chi connectivity index (χ1v) is 8.29. The minimum absolute atomic E-state index is 0.375. The molecule has 120 valence electrons. The molecule has 1 heterocycles. The first kappa shape index (κ1) is 15.8. The van der Waals surface area contributed by atoms with Gasteiger partial charge in [0, 0.05) is 13.1 Å². The maximum absolute atomic E-state index is 11.1. The molecule has 1 fully saturated rings. The van der Waals surface area contributed by atoms with Gasteiger partial charge in [0.1, 0.15) is 0 Å². The smallest absolute Gasteiger partial charge is 0.335 e. The maximum Gasteiger partial charge on any atom is 0.335 e. The Hall–Kier alpha value is -2.13. The van der Waals surface area contributed by atoms with E-state index in [0.29, 0.717) is 11.5 Å². The highest BCUT2D eigenvalue weighted by Gasteiger charge is 2.20. The van der Waals surface area contributed by atoms with Crippen LogP contribution in [0.4, 0.5) is 0 Å². The number of carboxylic acid groups (broad SMARTS) is 1. The van der Waals surface area contributed by atoms with Crippen molar-refractivity contribution in [2.45, 2.75) is 25.8 Å². The van der Waals surface area contributed by atoms with Gasteiger partial charge in [-0.2, -0.15) is 0 Å². The Morgan fingerprint density at radius 3 is 2.65 bits per heavy atom. The van der Waals surface area contributed by atoms with Crippen LogP contribution in [-0.2, 0) is 13.0 Å². The second-order valence-corrected chi connectivity index (χ2v) is 6.44. The highest BCUT2D eigenvalue weighted by molar-refractivity contribution is 5.87. The van der Waals surface area contributed by atoms with Crippen molar-refractivity contribution in [2.24, 2.45) is 5.92 Å². The molecule has 0 spiro atoms. The number of benzene rings is 2. The van der Waals surface area contributed by atoms with E-state index in [9.17, 15) is 4.79 Å². The minimum Gasteiger partial charge on any atom is -0.478 e. The third kappa shape index (κ3) is 4.42. The molecule has 1 unspecified atom stereocenters. The number of carbonyl (C=O) groups is 1. The molecule has 0 radical (unpaired) electrons. The average molecular weight is 309 g/mol. The van der Waals surface area contributed by atoms with Crippen LogP contribution in [0.25, 0.3) is 0 Å². The molecule has 3 rings (SSSR count). The predicted octanol–water partition coefficient (Wildman–Crippen LogP) is 3.84. The summed E-state index contributed by atoms with van der Waals surface area (Å²) >= 11 is 0. The van der Waals surface area contributed by atoms with E-state index in [1.807, 2.05) is 12.1 Å². The molecule has 0 bridgehead atoms. The molecular weight excluding hydrogens is 286 g/mol. The molecule has 1 aliphatic heterocycles. The monoisotopic (exact) mass is 309 g/mol. The number of aromatic carboxylic acids is 1.